The van der Waals surface area contributed by atoms with Crippen molar-refractivity contribution in [1.29, 1.82) is 0 Å². The highest BCUT2D eigenvalue weighted by molar-refractivity contribution is 7.15. The SMILES string of the molecule is O=C(Nc1ncc(Cc2ccc(OC(F)(F)F)cc2)s1)c1cc([N+](=O)[O-])ccc1Cl. The molecule has 1 amide bonds. The molecule has 0 atom stereocenters. The van der Waals surface area contributed by atoms with E-state index in [-0.39, 0.29) is 27.2 Å². The van der Waals surface area contributed by atoms with E-state index in [0.29, 0.717) is 12.0 Å². The van der Waals surface area contributed by atoms with Gasteiger partial charge in [-0.3, -0.25) is 20.2 Å². The molecule has 156 valence electrons. The molecule has 0 fully saturated rings. The number of benzene rings is 2. The minimum Gasteiger partial charge on any atom is -0.406 e. The van der Waals surface area contributed by atoms with Gasteiger partial charge >= 0.3 is 6.36 Å². The van der Waals surface area contributed by atoms with Gasteiger partial charge in [-0.15, -0.1) is 24.5 Å². The number of anilines is 1. The Morgan fingerprint density at radius 3 is 2.57 bits per heavy atom. The predicted octanol–water partition coefficient (Wildman–Crippen LogP) is 5.45. The standard InChI is InChI=1S/C18H11ClF3N3O4S/c19-15-6-3-11(25(27)28)8-14(15)16(26)24-17-23-9-13(30-17)7-10-1-4-12(5-2-10)29-18(20,21)22/h1-6,8-9H,7H2,(H,23,24,26). The number of aromatic nitrogens is 1. The smallest absolute Gasteiger partial charge is 0.406 e. The average molecular weight is 458 g/mol. The summed E-state index contributed by atoms with van der Waals surface area (Å²) in [5.41, 5.74) is 0.373. The number of alkyl halides is 3. The van der Waals surface area contributed by atoms with E-state index in [4.69, 9.17) is 11.6 Å². The summed E-state index contributed by atoms with van der Waals surface area (Å²) in [6.45, 7) is 0. The number of rotatable bonds is 6. The molecule has 3 rings (SSSR count). The zero-order valence-corrected chi connectivity index (χ0v) is 16.3. The van der Waals surface area contributed by atoms with Crippen LogP contribution in [0.1, 0.15) is 20.8 Å². The first-order chi connectivity index (χ1) is 14.1. The first kappa shape index (κ1) is 21.5. The van der Waals surface area contributed by atoms with E-state index in [1.807, 2.05) is 0 Å². The lowest BCUT2D eigenvalue weighted by Gasteiger charge is -2.08. The van der Waals surface area contributed by atoms with Gasteiger partial charge in [0.25, 0.3) is 11.6 Å². The van der Waals surface area contributed by atoms with E-state index >= 15 is 0 Å². The van der Waals surface area contributed by atoms with Gasteiger partial charge in [0.05, 0.1) is 15.5 Å². The largest absolute Gasteiger partial charge is 0.573 e. The van der Waals surface area contributed by atoms with Gasteiger partial charge in [-0.05, 0) is 23.8 Å². The number of amides is 1. The molecule has 0 saturated heterocycles. The van der Waals surface area contributed by atoms with Crippen molar-refractivity contribution in [1.82, 2.24) is 4.98 Å². The van der Waals surface area contributed by atoms with E-state index in [1.165, 1.54) is 42.6 Å². The van der Waals surface area contributed by atoms with E-state index in [2.05, 4.69) is 15.0 Å². The van der Waals surface area contributed by atoms with E-state index in [0.717, 1.165) is 22.3 Å². The summed E-state index contributed by atoms with van der Waals surface area (Å²) in [5.74, 6) is -0.976. The Labute approximate surface area is 176 Å². The van der Waals surface area contributed by atoms with Gasteiger partial charge in [0.1, 0.15) is 5.75 Å². The number of nitro groups is 1. The third-order valence-electron chi connectivity index (χ3n) is 3.71. The van der Waals surface area contributed by atoms with Gasteiger partial charge in [0.15, 0.2) is 5.13 Å². The zero-order chi connectivity index (χ0) is 21.9. The van der Waals surface area contributed by atoms with Gasteiger partial charge in [-0.2, -0.15) is 0 Å². The zero-order valence-electron chi connectivity index (χ0n) is 14.8. The molecule has 0 spiro atoms. The average Bonchev–Trinajstić information content (AvgIpc) is 3.09. The summed E-state index contributed by atoms with van der Waals surface area (Å²) in [6.07, 6.45) is -2.87. The molecule has 0 radical (unpaired) electrons. The first-order valence-electron chi connectivity index (χ1n) is 8.15. The Morgan fingerprint density at radius 2 is 1.93 bits per heavy atom. The predicted molar refractivity (Wildman–Crippen MR) is 104 cm³/mol. The Kier molecular flexibility index (Phi) is 6.22. The van der Waals surface area contributed by atoms with Crippen LogP contribution in [0.25, 0.3) is 0 Å². The van der Waals surface area contributed by atoms with E-state index in [9.17, 15) is 28.1 Å². The molecule has 0 bridgehead atoms. The topological polar surface area (TPSA) is 94.4 Å². The second-order valence-corrected chi connectivity index (χ2v) is 7.40. The van der Waals surface area contributed by atoms with Crippen molar-refractivity contribution < 1.29 is 27.6 Å². The van der Waals surface area contributed by atoms with Gasteiger partial charge < -0.3 is 4.74 Å². The summed E-state index contributed by atoms with van der Waals surface area (Å²) < 4.78 is 40.4. The number of halogens is 4. The molecule has 1 aromatic heterocycles. The molecule has 2 aromatic carbocycles. The Bertz CT molecular complexity index is 1090. The molecule has 0 aliphatic carbocycles. The van der Waals surface area contributed by atoms with E-state index < -0.39 is 17.2 Å². The Balaban J connectivity index is 1.66. The summed E-state index contributed by atoms with van der Waals surface area (Å²) in [7, 11) is 0. The quantitative estimate of drug-likeness (QED) is 0.392. The van der Waals surface area contributed by atoms with Crippen molar-refractivity contribution in [3.05, 3.63) is 79.8 Å². The van der Waals surface area contributed by atoms with Gasteiger partial charge in [-0.1, -0.05) is 23.7 Å². The molecule has 30 heavy (non-hydrogen) atoms. The maximum Gasteiger partial charge on any atom is 0.573 e. The van der Waals surface area contributed by atoms with Crippen molar-refractivity contribution in [2.24, 2.45) is 0 Å². The molecule has 1 heterocycles. The van der Waals surface area contributed by atoms with Crippen LogP contribution in [0.2, 0.25) is 5.02 Å². The van der Waals surface area contributed by atoms with Crippen molar-refractivity contribution in [3.8, 4) is 5.75 Å². The summed E-state index contributed by atoms with van der Waals surface area (Å²) >= 11 is 7.10. The molecular weight excluding hydrogens is 447 g/mol. The van der Waals surface area contributed by atoms with Crippen LogP contribution in [-0.2, 0) is 6.42 Å². The summed E-state index contributed by atoms with van der Waals surface area (Å²) in [6, 6.07) is 8.90. The van der Waals surface area contributed by atoms with Gasteiger partial charge in [0.2, 0.25) is 0 Å². The highest BCUT2D eigenvalue weighted by Crippen LogP contribution is 2.27. The van der Waals surface area contributed by atoms with Crippen LogP contribution >= 0.6 is 22.9 Å². The monoisotopic (exact) mass is 457 g/mol. The number of carbonyl (C=O) groups excluding carboxylic acids is 1. The van der Waals surface area contributed by atoms with Gasteiger partial charge in [-0.25, -0.2) is 4.98 Å². The molecule has 0 unspecified atom stereocenters. The molecule has 0 aliphatic rings. The number of nitrogens with zero attached hydrogens (tertiary/aromatic N) is 2. The molecule has 0 aliphatic heterocycles. The Morgan fingerprint density at radius 1 is 1.23 bits per heavy atom. The lowest BCUT2D eigenvalue weighted by atomic mass is 10.1. The maximum absolute atomic E-state index is 12.4. The lowest BCUT2D eigenvalue weighted by Crippen LogP contribution is -2.17. The van der Waals surface area contributed by atoms with Crippen LogP contribution in [0.5, 0.6) is 5.75 Å². The molecule has 7 nitrogen and oxygen atoms in total. The van der Waals surface area contributed by atoms with Crippen molar-refractivity contribution >= 4 is 39.7 Å². The fourth-order valence-corrected chi connectivity index (χ4v) is 3.47. The minimum atomic E-state index is -4.76. The number of nitrogens with one attached hydrogen (secondary N) is 1. The number of hydrogen-bond acceptors (Lipinski definition) is 6. The number of thiazole rings is 1. The minimum absolute atomic E-state index is 0.0519. The fraction of sp³-hybridized carbons (Fsp3) is 0.111. The van der Waals surface area contributed by atoms with Crippen LogP contribution < -0.4 is 10.1 Å². The summed E-state index contributed by atoms with van der Waals surface area (Å²) in [4.78, 5) is 27.4. The molecular formula is C18H11ClF3N3O4S. The number of nitro benzene ring substituents is 1. The van der Waals surface area contributed by atoms with Crippen LogP contribution in [0.4, 0.5) is 24.0 Å². The number of ether oxygens (including phenoxy) is 1. The highest BCUT2D eigenvalue weighted by atomic mass is 35.5. The highest BCUT2D eigenvalue weighted by Gasteiger charge is 2.30. The van der Waals surface area contributed by atoms with Crippen molar-refractivity contribution in [3.63, 3.8) is 0 Å². The van der Waals surface area contributed by atoms with Gasteiger partial charge in [0, 0.05) is 29.6 Å². The third-order valence-corrected chi connectivity index (χ3v) is 4.96. The first-order valence-corrected chi connectivity index (χ1v) is 9.35. The number of hydrogen-bond donors (Lipinski definition) is 1. The van der Waals surface area contributed by atoms with E-state index in [1.54, 1.807) is 0 Å². The normalized spacial score (nSPS) is 11.2. The van der Waals surface area contributed by atoms with Crippen LogP contribution in [-0.4, -0.2) is 22.2 Å². The molecule has 3 aromatic rings. The fourth-order valence-electron chi connectivity index (χ4n) is 2.42. The third kappa shape index (κ3) is 5.67. The number of non-ortho nitro benzene ring substituents is 1. The van der Waals surface area contributed by atoms with Crippen molar-refractivity contribution in [2.75, 3.05) is 5.32 Å². The molecule has 0 saturated carbocycles. The molecule has 1 N–H and O–H groups in total. The van der Waals surface area contributed by atoms with Crippen LogP contribution in [0.3, 0.4) is 0 Å². The second kappa shape index (κ2) is 8.67. The van der Waals surface area contributed by atoms with Crippen LogP contribution in [0, 0.1) is 10.1 Å². The Hall–Kier alpha value is -3.18. The number of carbonyl (C=O) groups is 1. The molecule has 12 heteroatoms. The van der Waals surface area contributed by atoms with Crippen LogP contribution in [0.15, 0.2) is 48.7 Å². The van der Waals surface area contributed by atoms with Crippen molar-refractivity contribution in [2.45, 2.75) is 12.8 Å². The lowest BCUT2D eigenvalue weighted by molar-refractivity contribution is -0.384. The maximum atomic E-state index is 12.4. The summed E-state index contributed by atoms with van der Waals surface area (Å²) in [5, 5.41) is 13.7. The second-order valence-electron chi connectivity index (χ2n) is 5.88.